The van der Waals surface area contributed by atoms with Gasteiger partial charge in [-0.05, 0) is 105 Å². The van der Waals surface area contributed by atoms with Crippen LogP contribution < -0.4 is 10.7 Å². The van der Waals surface area contributed by atoms with Crippen molar-refractivity contribution in [3.8, 4) is 11.3 Å². The van der Waals surface area contributed by atoms with Crippen molar-refractivity contribution in [3.05, 3.63) is 66.0 Å². The van der Waals surface area contributed by atoms with Crippen LogP contribution in [0.25, 0.3) is 22.2 Å². The number of urea groups is 1. The van der Waals surface area contributed by atoms with E-state index >= 15 is 0 Å². The van der Waals surface area contributed by atoms with Gasteiger partial charge >= 0.3 is 18.2 Å². The molecule has 1 unspecified atom stereocenters. The van der Waals surface area contributed by atoms with Gasteiger partial charge in [-0.2, -0.15) is 13.2 Å². The van der Waals surface area contributed by atoms with Crippen LogP contribution in [0.1, 0.15) is 95.6 Å². The zero-order valence-corrected chi connectivity index (χ0v) is 42.6. The van der Waals surface area contributed by atoms with E-state index in [1.165, 1.54) is 27.7 Å². The van der Waals surface area contributed by atoms with Gasteiger partial charge in [0.05, 0.1) is 36.2 Å². The van der Waals surface area contributed by atoms with Gasteiger partial charge in [-0.1, -0.05) is 40.3 Å². The van der Waals surface area contributed by atoms with Gasteiger partial charge in [0.1, 0.15) is 31.4 Å². The maximum atomic E-state index is 14.7. The number of carbonyl (C=O) groups is 5. The molecule has 5 amide bonds. The van der Waals surface area contributed by atoms with E-state index < -0.39 is 65.8 Å². The van der Waals surface area contributed by atoms with Crippen LogP contribution in [0.5, 0.6) is 0 Å². The highest BCUT2D eigenvalue weighted by molar-refractivity contribution is 5.94. The Labute approximate surface area is 419 Å². The smallest absolute Gasteiger partial charge is 0.406 e. The van der Waals surface area contributed by atoms with E-state index in [4.69, 9.17) is 14.2 Å². The number of alkyl halides is 3. The molecule has 5 aliphatic heterocycles. The lowest BCUT2D eigenvalue weighted by Gasteiger charge is -2.41. The summed E-state index contributed by atoms with van der Waals surface area (Å²) in [6.07, 6.45) is 0.555. The number of rotatable bonds is 9. The average Bonchev–Trinajstić information content (AvgIpc) is 4.07. The molecule has 1 spiro atoms. The van der Waals surface area contributed by atoms with Crippen LogP contribution in [0.2, 0.25) is 0 Å². The minimum absolute atomic E-state index is 0.0630. The number of amides is 5. The number of carbonyl (C=O) groups excluding carboxylic acids is 5. The van der Waals surface area contributed by atoms with E-state index in [1.807, 2.05) is 39.8 Å². The van der Waals surface area contributed by atoms with Gasteiger partial charge in [0.25, 0.3) is 5.91 Å². The van der Waals surface area contributed by atoms with Crippen LogP contribution in [-0.2, 0) is 46.4 Å². The number of pyridine rings is 1. The number of benzene rings is 1. The first-order valence-electron chi connectivity index (χ1n) is 25.1. The number of likely N-dealkylation sites (N-methyl/N-ethyl adjacent to an activating group) is 1. The summed E-state index contributed by atoms with van der Waals surface area (Å²) in [5.41, 5.74) is 5.13. The number of methoxy groups -OCH3 is 1. The van der Waals surface area contributed by atoms with E-state index in [1.54, 1.807) is 48.2 Å². The van der Waals surface area contributed by atoms with Crippen molar-refractivity contribution in [3.63, 3.8) is 0 Å². The predicted octanol–water partition coefficient (Wildman–Crippen LogP) is 5.78. The quantitative estimate of drug-likeness (QED) is 0.197. The Balaban J connectivity index is 1.10. The number of hydrazine groups is 1. The third kappa shape index (κ3) is 11.2. The second-order valence-electron chi connectivity index (χ2n) is 21.5. The summed E-state index contributed by atoms with van der Waals surface area (Å²) in [6.45, 7) is 14.3. The molecule has 6 atom stereocenters. The third-order valence-electron chi connectivity index (χ3n) is 15.2. The molecule has 0 radical (unpaired) electrons. The summed E-state index contributed by atoms with van der Waals surface area (Å²) >= 11 is 0. The van der Waals surface area contributed by atoms with E-state index in [9.17, 15) is 37.1 Å². The lowest BCUT2D eigenvalue weighted by atomic mass is 9.84. The highest BCUT2D eigenvalue weighted by Gasteiger charge is 2.46. The van der Waals surface area contributed by atoms with Crippen LogP contribution in [0.4, 0.5) is 18.0 Å². The Bertz CT molecular complexity index is 2540. The van der Waals surface area contributed by atoms with Crippen LogP contribution >= 0.6 is 0 Å². The monoisotopic (exact) mass is 1010 g/mol. The molecule has 72 heavy (non-hydrogen) atoms. The van der Waals surface area contributed by atoms with Crippen LogP contribution in [0, 0.1) is 11.3 Å². The summed E-state index contributed by atoms with van der Waals surface area (Å²) in [5.74, 6) is -2.16. The first kappa shape index (κ1) is 52.7. The Morgan fingerprint density at radius 1 is 1.06 bits per heavy atom. The van der Waals surface area contributed by atoms with E-state index in [-0.39, 0.29) is 56.6 Å². The number of aromatic nitrogens is 2. The largest absolute Gasteiger partial charge is 0.464 e. The highest BCUT2D eigenvalue weighted by atomic mass is 19.4. The minimum Gasteiger partial charge on any atom is -0.464 e. The van der Waals surface area contributed by atoms with Gasteiger partial charge < -0.3 is 43.7 Å². The normalized spacial score (nSPS) is 24.5. The van der Waals surface area contributed by atoms with E-state index in [0.717, 1.165) is 5.56 Å². The molecule has 2 N–H and O–H groups in total. The van der Waals surface area contributed by atoms with Crippen LogP contribution in [0.15, 0.2) is 49.2 Å². The lowest BCUT2D eigenvalue weighted by Crippen LogP contribution is -2.64. The van der Waals surface area contributed by atoms with Crippen molar-refractivity contribution in [2.24, 2.45) is 11.3 Å². The molecule has 0 saturated carbocycles. The number of likely N-dealkylation sites (tertiary alicyclic amines) is 1. The summed E-state index contributed by atoms with van der Waals surface area (Å²) in [5, 5.41) is 5.08. The first-order valence-corrected chi connectivity index (χ1v) is 25.1. The highest BCUT2D eigenvalue weighted by Crippen LogP contribution is 2.43. The molecular formula is C52H70F3N9O8. The summed E-state index contributed by atoms with van der Waals surface area (Å²) in [4.78, 5) is 81.2. The molecule has 7 heterocycles. The molecule has 0 aliphatic carbocycles. The Morgan fingerprint density at radius 3 is 2.50 bits per heavy atom. The topological polar surface area (TPSA) is 171 Å². The number of ether oxygens (including phenoxy) is 3. The number of fused-ring (bicyclic) bond motifs is 6. The second-order valence-corrected chi connectivity index (χ2v) is 21.5. The van der Waals surface area contributed by atoms with Crippen molar-refractivity contribution < 1.29 is 51.4 Å². The molecule has 1 aromatic carbocycles. The average molecular weight is 1010 g/mol. The van der Waals surface area contributed by atoms with Gasteiger partial charge in [0.15, 0.2) is 0 Å². The van der Waals surface area contributed by atoms with Crippen LogP contribution in [0.3, 0.4) is 0 Å². The van der Waals surface area contributed by atoms with Gasteiger partial charge in [-0.15, -0.1) is 0 Å². The van der Waals surface area contributed by atoms with E-state index in [0.29, 0.717) is 98.2 Å². The number of hydrogen-bond donors (Lipinski definition) is 2. The zero-order valence-electron chi connectivity index (χ0n) is 42.6. The number of nitrogens with zero attached hydrogens (tertiary/aromatic N) is 7. The first-order chi connectivity index (χ1) is 34.1. The Hall–Kier alpha value is -5.57. The fourth-order valence-electron chi connectivity index (χ4n) is 11.4. The number of hydrogen-bond acceptors (Lipinski definition) is 11. The molecular weight excluding hydrogens is 936 g/mol. The maximum absolute atomic E-state index is 14.7. The summed E-state index contributed by atoms with van der Waals surface area (Å²) < 4.78 is 63.2. The molecule has 6 bridgehead atoms. The summed E-state index contributed by atoms with van der Waals surface area (Å²) in [7, 11) is 3.12. The maximum Gasteiger partial charge on any atom is 0.406 e. The van der Waals surface area contributed by atoms with E-state index in [2.05, 4.69) is 27.2 Å². The standard InChI is InChI=1S/C52H70F3N9O8/c1-9-42(65)62-28-51(72-31-62)17-22-61(23-18-51)49(69)59(7)44(32(2)3)46(66)57-40-27-60-21-16-35(26-60)34-14-15-41-37(24-34)38(25-50(5,6)30-71-48(68)39-13-11-20-64(58-39)47(40)67)45(63(41)29-52(53,54)55)36-12-10-19-56-43(36)33(4)70-8/h9-10,12,14-15,19,24,32-33,35,39-40,44,58H,1,11,13,16-18,20-23,25-31H2,2-8H3,(H,57,66)/t33-,35+,39-,40-,44-/m0/s1. The second kappa shape index (κ2) is 21.1. The molecule has 3 aromatic rings. The van der Waals surface area contributed by atoms with Crippen molar-refractivity contribution >= 4 is 40.6 Å². The summed E-state index contributed by atoms with van der Waals surface area (Å²) in [6, 6.07) is 5.83. The van der Waals surface area contributed by atoms with Crippen molar-refractivity contribution in [2.75, 3.05) is 73.3 Å². The third-order valence-corrected chi connectivity index (χ3v) is 15.2. The fourth-order valence-corrected chi connectivity index (χ4v) is 11.4. The Morgan fingerprint density at radius 2 is 1.81 bits per heavy atom. The number of nitrogens with one attached hydrogen (secondary N) is 2. The number of halogens is 3. The van der Waals surface area contributed by atoms with Gasteiger partial charge in [0, 0.05) is 75.0 Å². The molecule has 5 aliphatic rings. The predicted molar refractivity (Wildman–Crippen MR) is 262 cm³/mol. The van der Waals surface area contributed by atoms with Crippen molar-refractivity contribution in [1.82, 2.24) is 44.9 Å². The number of piperidine rings is 1. The SMILES string of the molecule is C=CC(=O)N1COC2(CCN(C(=O)N(C)[C@H](C(=O)N[C@H]3CN4CC[C@H](C4)c4ccc5c(c4)c(c(-c4cccnc4[C@H](C)OC)n5CC(F)(F)F)CC(C)(C)COC(=O)[C@@H]4CCCN(N4)C3=O)C(C)C)CC2)C1. The van der Waals surface area contributed by atoms with Crippen molar-refractivity contribution in [2.45, 2.75) is 122 Å². The number of esters is 1. The molecule has 20 heteroatoms. The molecule has 392 valence electrons. The van der Waals surface area contributed by atoms with Crippen molar-refractivity contribution in [1.29, 1.82) is 0 Å². The fraction of sp³-hybridized carbons (Fsp3) is 0.615. The molecule has 4 fully saturated rings. The van der Waals surface area contributed by atoms with Gasteiger partial charge in [0.2, 0.25) is 11.8 Å². The molecule has 4 saturated heterocycles. The van der Waals surface area contributed by atoms with Crippen LogP contribution in [-0.4, -0.2) is 167 Å². The Kier molecular flexibility index (Phi) is 15.5. The minimum atomic E-state index is -4.57. The zero-order chi connectivity index (χ0) is 51.9. The molecule has 8 rings (SSSR count). The lowest BCUT2D eigenvalue weighted by molar-refractivity contribution is -0.155. The number of cyclic esters (lactones) is 1. The van der Waals surface area contributed by atoms with Gasteiger partial charge in [-0.25, -0.2) is 10.2 Å². The van der Waals surface area contributed by atoms with Gasteiger partial charge in [-0.3, -0.25) is 29.2 Å². The molecule has 2 aromatic heterocycles. The molecule has 17 nitrogen and oxygen atoms in total.